The van der Waals surface area contributed by atoms with Crippen molar-refractivity contribution in [3.05, 3.63) is 77.0 Å². The molecule has 1 saturated heterocycles. The zero-order valence-electron chi connectivity index (χ0n) is 22.5. The van der Waals surface area contributed by atoms with Crippen LogP contribution in [0.2, 0.25) is 0 Å². The number of para-hydroxylation sites is 1. The summed E-state index contributed by atoms with van der Waals surface area (Å²) in [5, 5.41) is 13.2. The molecule has 0 saturated carbocycles. The van der Waals surface area contributed by atoms with Crippen molar-refractivity contribution >= 4 is 17.8 Å². The number of anilines is 1. The fourth-order valence-corrected chi connectivity index (χ4v) is 4.77. The Balaban J connectivity index is 1.59. The summed E-state index contributed by atoms with van der Waals surface area (Å²) in [4.78, 5) is 28.3. The molecule has 2 atom stereocenters. The predicted octanol–water partition coefficient (Wildman–Crippen LogP) is 3.83. The van der Waals surface area contributed by atoms with E-state index in [1.54, 1.807) is 20.1 Å². The number of nitrogens with one attached hydrogen (secondary N) is 3. The third kappa shape index (κ3) is 6.61. The van der Waals surface area contributed by atoms with Crippen molar-refractivity contribution in [3.63, 3.8) is 0 Å². The van der Waals surface area contributed by atoms with Crippen LogP contribution in [-0.4, -0.2) is 72.1 Å². The van der Waals surface area contributed by atoms with E-state index < -0.39 is 17.7 Å². The number of rotatable bonds is 9. The van der Waals surface area contributed by atoms with Crippen molar-refractivity contribution in [3.8, 4) is 5.69 Å². The normalized spacial score (nSPS) is 17.4. The van der Waals surface area contributed by atoms with E-state index in [2.05, 4.69) is 25.9 Å². The smallest absolute Gasteiger partial charge is 0.320 e. The lowest BCUT2D eigenvalue weighted by Crippen LogP contribution is -2.42. The van der Waals surface area contributed by atoms with Gasteiger partial charge < -0.3 is 15.4 Å². The molecule has 208 valence electrons. The van der Waals surface area contributed by atoms with Crippen molar-refractivity contribution in [2.75, 3.05) is 38.7 Å². The number of likely N-dealkylation sites (tertiary alicyclic amines) is 1. The van der Waals surface area contributed by atoms with Gasteiger partial charge in [-0.25, -0.2) is 18.3 Å². The lowest BCUT2D eigenvalue weighted by atomic mass is 9.94. The molecule has 0 unspecified atom stereocenters. The van der Waals surface area contributed by atoms with Gasteiger partial charge in [0.15, 0.2) is 17.3 Å². The van der Waals surface area contributed by atoms with Crippen LogP contribution < -0.4 is 16.0 Å². The molecule has 2 heterocycles. The molecule has 3 aromatic rings. The molecule has 2 aromatic carbocycles. The first-order valence-corrected chi connectivity index (χ1v) is 12.9. The summed E-state index contributed by atoms with van der Waals surface area (Å²) >= 11 is 0. The van der Waals surface area contributed by atoms with Crippen LogP contribution in [0, 0.1) is 18.6 Å². The number of hydrogen-bond acceptors (Lipinski definition) is 5. The second-order valence-corrected chi connectivity index (χ2v) is 9.94. The molecule has 1 aromatic heterocycles. The van der Waals surface area contributed by atoms with Gasteiger partial charge in [0.2, 0.25) is 0 Å². The fraction of sp³-hybridized carbons (Fsp3) is 0.393. The molecule has 0 aliphatic carbocycles. The topological polar surface area (TPSA) is 101 Å². The van der Waals surface area contributed by atoms with Gasteiger partial charge in [-0.1, -0.05) is 24.3 Å². The Kier molecular flexibility index (Phi) is 8.93. The van der Waals surface area contributed by atoms with Gasteiger partial charge in [0, 0.05) is 44.3 Å². The summed E-state index contributed by atoms with van der Waals surface area (Å²) < 4.78 is 34.4. The first-order valence-electron chi connectivity index (χ1n) is 12.9. The molecule has 9 nitrogen and oxygen atoms in total. The third-order valence-electron chi connectivity index (χ3n) is 6.69. The largest absolute Gasteiger partial charge is 0.383 e. The van der Waals surface area contributed by atoms with E-state index in [1.807, 2.05) is 44.2 Å². The van der Waals surface area contributed by atoms with E-state index in [1.165, 1.54) is 10.7 Å². The number of aromatic nitrogens is 2. The number of carbonyl (C=O) groups excluding carboxylic acids is 2. The summed E-state index contributed by atoms with van der Waals surface area (Å²) in [6.07, 6.45) is 0. The molecule has 1 fully saturated rings. The van der Waals surface area contributed by atoms with Crippen molar-refractivity contribution in [2.45, 2.75) is 38.8 Å². The Bertz CT molecular complexity index is 1310. The Hall–Kier alpha value is -3.83. The molecular formula is C28H34F2N6O3. The number of halogens is 2. The lowest BCUT2D eigenvalue weighted by Gasteiger charge is -2.21. The molecule has 11 heteroatoms. The number of amides is 3. The molecule has 39 heavy (non-hydrogen) atoms. The quantitative estimate of drug-likeness (QED) is 0.383. The molecule has 3 N–H and O–H groups in total. The Morgan fingerprint density at radius 2 is 1.85 bits per heavy atom. The summed E-state index contributed by atoms with van der Waals surface area (Å²) in [5.74, 6) is -2.11. The maximum atomic E-state index is 14.1. The first-order chi connectivity index (χ1) is 18.7. The highest BCUT2D eigenvalue weighted by Crippen LogP contribution is 2.29. The van der Waals surface area contributed by atoms with E-state index in [0.29, 0.717) is 48.9 Å². The maximum absolute atomic E-state index is 14.1. The number of carbonyl (C=O) groups is 2. The highest BCUT2D eigenvalue weighted by atomic mass is 19.2. The minimum absolute atomic E-state index is 0.0878. The molecule has 0 radical (unpaired) electrons. The summed E-state index contributed by atoms with van der Waals surface area (Å²) in [5.41, 5.74) is 1.98. The monoisotopic (exact) mass is 540 g/mol. The first kappa shape index (κ1) is 28.2. The van der Waals surface area contributed by atoms with Gasteiger partial charge in [-0.2, -0.15) is 5.10 Å². The summed E-state index contributed by atoms with van der Waals surface area (Å²) in [6, 6.07) is 12.0. The van der Waals surface area contributed by atoms with Crippen LogP contribution in [0.5, 0.6) is 0 Å². The minimum Gasteiger partial charge on any atom is -0.383 e. The highest BCUT2D eigenvalue weighted by Gasteiger charge is 2.35. The van der Waals surface area contributed by atoms with Gasteiger partial charge in [-0.15, -0.1) is 0 Å². The number of benzene rings is 2. The molecule has 3 amide bonds. The zero-order valence-corrected chi connectivity index (χ0v) is 22.5. The van der Waals surface area contributed by atoms with Crippen molar-refractivity contribution in [1.29, 1.82) is 0 Å². The number of ether oxygens (including phenoxy) is 1. The number of hydrogen-bond donors (Lipinski definition) is 3. The second kappa shape index (κ2) is 12.4. The van der Waals surface area contributed by atoms with Crippen molar-refractivity contribution in [1.82, 2.24) is 25.3 Å². The van der Waals surface area contributed by atoms with E-state index in [-0.39, 0.29) is 29.6 Å². The maximum Gasteiger partial charge on any atom is 0.320 e. The number of methoxy groups -OCH3 is 1. The van der Waals surface area contributed by atoms with Gasteiger partial charge in [-0.05, 0) is 50.6 Å². The van der Waals surface area contributed by atoms with Crippen LogP contribution in [-0.2, 0) is 4.74 Å². The predicted molar refractivity (Wildman–Crippen MR) is 144 cm³/mol. The Morgan fingerprint density at radius 3 is 2.51 bits per heavy atom. The van der Waals surface area contributed by atoms with Crippen LogP contribution in [0.15, 0.2) is 48.5 Å². The Labute approximate surface area is 226 Å². The SMILES string of the molecule is COCCN1C[C@@H](NC(=O)Nc2c(C)c(C(=O)NC(C)C)nn2-c2ccccc2)[C@H](c2ccc(F)c(F)c2)C1. The highest BCUT2D eigenvalue weighted by molar-refractivity contribution is 5.97. The van der Waals surface area contributed by atoms with Crippen LogP contribution >= 0.6 is 0 Å². The number of urea groups is 1. The van der Waals surface area contributed by atoms with E-state index in [0.717, 1.165) is 6.07 Å². The van der Waals surface area contributed by atoms with Crippen LogP contribution in [0.4, 0.5) is 19.4 Å². The van der Waals surface area contributed by atoms with E-state index in [9.17, 15) is 18.4 Å². The number of nitrogens with zero attached hydrogens (tertiary/aromatic N) is 3. The average molecular weight is 541 g/mol. The van der Waals surface area contributed by atoms with Gasteiger partial charge >= 0.3 is 6.03 Å². The minimum atomic E-state index is -0.930. The average Bonchev–Trinajstić information content (AvgIpc) is 3.45. The zero-order chi connectivity index (χ0) is 28.1. The van der Waals surface area contributed by atoms with Crippen LogP contribution in [0.3, 0.4) is 0 Å². The standard InChI is InChI=1S/C28H34F2N6O3/c1-17(2)31-27(37)25-18(3)26(36(34-25)20-8-6-5-7-9-20)33-28(38)32-24-16-35(12-13-39-4)15-21(24)19-10-11-22(29)23(30)14-19/h5-11,14,17,21,24H,12-13,15-16H2,1-4H3,(H,31,37)(H2,32,33,38)/t21-,24+/m0/s1. The molecular weight excluding hydrogens is 506 g/mol. The van der Waals surface area contributed by atoms with Gasteiger partial charge in [0.25, 0.3) is 5.91 Å². The Morgan fingerprint density at radius 1 is 1.10 bits per heavy atom. The van der Waals surface area contributed by atoms with E-state index >= 15 is 0 Å². The molecule has 0 spiro atoms. The van der Waals surface area contributed by atoms with E-state index in [4.69, 9.17) is 4.74 Å². The van der Waals surface area contributed by atoms with Gasteiger partial charge in [0.05, 0.1) is 18.3 Å². The molecule has 1 aliphatic heterocycles. The second-order valence-electron chi connectivity index (χ2n) is 9.94. The van der Waals surface area contributed by atoms with Gasteiger partial charge in [-0.3, -0.25) is 15.0 Å². The molecule has 0 bridgehead atoms. The molecule has 4 rings (SSSR count). The summed E-state index contributed by atoms with van der Waals surface area (Å²) in [7, 11) is 1.61. The fourth-order valence-electron chi connectivity index (χ4n) is 4.77. The van der Waals surface area contributed by atoms with Gasteiger partial charge in [0.1, 0.15) is 5.82 Å². The third-order valence-corrected chi connectivity index (χ3v) is 6.69. The van der Waals surface area contributed by atoms with Crippen LogP contribution in [0.25, 0.3) is 5.69 Å². The van der Waals surface area contributed by atoms with Crippen molar-refractivity contribution < 1.29 is 23.1 Å². The van der Waals surface area contributed by atoms with Crippen molar-refractivity contribution in [2.24, 2.45) is 0 Å². The van der Waals surface area contributed by atoms with Crippen LogP contribution in [0.1, 0.15) is 41.4 Å². The molecule has 1 aliphatic rings. The summed E-state index contributed by atoms with van der Waals surface area (Å²) in [6.45, 7) is 7.61. The lowest BCUT2D eigenvalue weighted by molar-refractivity contribution is 0.0937.